The van der Waals surface area contributed by atoms with E-state index >= 15 is 0 Å². The van der Waals surface area contributed by atoms with E-state index in [4.69, 9.17) is 11.6 Å². The number of aromatic nitrogens is 2. The van der Waals surface area contributed by atoms with Crippen LogP contribution in [-0.2, 0) is 5.88 Å². The maximum absolute atomic E-state index is 13.9. The van der Waals surface area contributed by atoms with E-state index in [2.05, 4.69) is 51.2 Å². The third kappa shape index (κ3) is 3.41. The summed E-state index contributed by atoms with van der Waals surface area (Å²) in [5, 5.41) is 0. The number of imidazole rings is 1. The van der Waals surface area contributed by atoms with Gasteiger partial charge in [0.1, 0.15) is 11.6 Å². The Hall–Kier alpha value is -0.650. The molecule has 0 spiro atoms. The molecule has 0 N–H and O–H groups in total. The highest BCUT2D eigenvalue weighted by molar-refractivity contribution is 9.10. The normalized spacial score (nSPS) is 13.3. The van der Waals surface area contributed by atoms with Gasteiger partial charge in [0.15, 0.2) is 0 Å². The molecule has 0 radical (unpaired) electrons. The molecule has 1 atom stereocenters. The van der Waals surface area contributed by atoms with Gasteiger partial charge in [-0.25, -0.2) is 9.37 Å². The number of nitrogens with zero attached hydrogens (tertiary/aromatic N) is 3. The second-order valence-corrected chi connectivity index (χ2v) is 6.24. The molecule has 0 saturated heterocycles. The number of likely N-dealkylation sites (N-methyl/N-ethyl adjacent to an activating group) is 1. The highest BCUT2D eigenvalue weighted by Gasteiger charge is 2.18. The van der Waals surface area contributed by atoms with E-state index in [1.54, 1.807) is 6.07 Å². The predicted molar refractivity (Wildman–Crippen MR) is 89.4 cm³/mol. The highest BCUT2D eigenvalue weighted by Crippen LogP contribution is 2.27. The Balaban J connectivity index is 2.47. The van der Waals surface area contributed by atoms with Crippen molar-refractivity contribution in [2.75, 3.05) is 19.6 Å². The maximum Gasteiger partial charge on any atom is 0.139 e. The van der Waals surface area contributed by atoms with Crippen molar-refractivity contribution in [2.24, 2.45) is 0 Å². The van der Waals surface area contributed by atoms with Crippen LogP contribution in [0.3, 0.4) is 0 Å². The van der Waals surface area contributed by atoms with Crippen LogP contribution in [0.5, 0.6) is 0 Å². The predicted octanol–water partition coefficient (Wildman–Crippen LogP) is 4.58. The summed E-state index contributed by atoms with van der Waals surface area (Å²) in [6.07, 6.45) is 0. The van der Waals surface area contributed by atoms with Crippen molar-refractivity contribution in [3.8, 4) is 0 Å². The van der Waals surface area contributed by atoms with Crippen LogP contribution in [0.4, 0.5) is 4.39 Å². The lowest BCUT2D eigenvalue weighted by Crippen LogP contribution is -2.30. The van der Waals surface area contributed by atoms with Crippen LogP contribution in [0.25, 0.3) is 11.0 Å². The van der Waals surface area contributed by atoms with Crippen molar-refractivity contribution in [1.82, 2.24) is 14.5 Å². The van der Waals surface area contributed by atoms with Gasteiger partial charge in [0.05, 0.1) is 21.4 Å². The van der Waals surface area contributed by atoms with E-state index < -0.39 is 0 Å². The van der Waals surface area contributed by atoms with E-state index in [0.717, 1.165) is 36.5 Å². The third-order valence-electron chi connectivity index (χ3n) is 3.78. The van der Waals surface area contributed by atoms with E-state index in [1.807, 2.05) is 0 Å². The van der Waals surface area contributed by atoms with Crippen molar-refractivity contribution in [1.29, 1.82) is 0 Å². The summed E-state index contributed by atoms with van der Waals surface area (Å²) in [6.45, 7) is 9.27. The fraction of sp³-hybridized carbons (Fsp3) is 0.533. The van der Waals surface area contributed by atoms with E-state index in [0.29, 0.717) is 10.4 Å². The van der Waals surface area contributed by atoms with Gasteiger partial charge in [-0.05, 0) is 42.0 Å². The van der Waals surface area contributed by atoms with E-state index in [9.17, 15) is 4.39 Å². The Kier molecular flexibility index (Phi) is 5.63. The van der Waals surface area contributed by atoms with Gasteiger partial charge in [-0.15, -0.1) is 11.6 Å². The number of fused-ring (bicyclic) bond motifs is 1. The Labute approximate surface area is 138 Å². The molecule has 0 amide bonds. The molecular weight excluding hydrogens is 357 g/mol. The minimum atomic E-state index is -0.278. The van der Waals surface area contributed by atoms with Gasteiger partial charge in [0, 0.05) is 18.7 Å². The minimum Gasteiger partial charge on any atom is -0.323 e. The molecule has 1 aromatic carbocycles. The monoisotopic (exact) mass is 375 g/mol. The molecule has 1 aromatic heterocycles. The van der Waals surface area contributed by atoms with Gasteiger partial charge in [-0.2, -0.15) is 0 Å². The number of benzene rings is 1. The lowest BCUT2D eigenvalue weighted by atomic mass is 10.2. The van der Waals surface area contributed by atoms with Crippen molar-refractivity contribution in [3.05, 3.63) is 28.2 Å². The molecule has 0 fully saturated rings. The molecule has 1 unspecified atom stereocenters. The van der Waals surface area contributed by atoms with Crippen LogP contribution >= 0.6 is 27.5 Å². The molecule has 0 saturated carbocycles. The van der Waals surface area contributed by atoms with Crippen LogP contribution in [-0.4, -0.2) is 34.1 Å². The first kappa shape index (κ1) is 16.7. The molecule has 0 aliphatic carbocycles. The zero-order chi connectivity index (χ0) is 15.6. The smallest absolute Gasteiger partial charge is 0.139 e. The van der Waals surface area contributed by atoms with Crippen LogP contribution in [0.1, 0.15) is 32.6 Å². The van der Waals surface area contributed by atoms with Crippen LogP contribution < -0.4 is 0 Å². The van der Waals surface area contributed by atoms with Gasteiger partial charge in [0.25, 0.3) is 0 Å². The maximum atomic E-state index is 13.9. The summed E-state index contributed by atoms with van der Waals surface area (Å²) in [5.74, 6) is 0.819. The Morgan fingerprint density at radius 1 is 1.38 bits per heavy atom. The van der Waals surface area contributed by atoms with Crippen molar-refractivity contribution < 1.29 is 4.39 Å². The van der Waals surface area contributed by atoms with Crippen LogP contribution in [0, 0.1) is 5.82 Å². The fourth-order valence-electron chi connectivity index (χ4n) is 2.66. The fourth-order valence-corrected chi connectivity index (χ4v) is 3.18. The number of rotatable bonds is 6. The molecule has 1 heterocycles. The molecule has 0 aliphatic heterocycles. The lowest BCUT2D eigenvalue weighted by Gasteiger charge is -2.25. The Morgan fingerprint density at radius 3 is 2.62 bits per heavy atom. The van der Waals surface area contributed by atoms with Crippen molar-refractivity contribution in [2.45, 2.75) is 32.7 Å². The lowest BCUT2D eigenvalue weighted by molar-refractivity contribution is 0.261. The molecule has 2 aromatic rings. The first-order valence-electron chi connectivity index (χ1n) is 7.15. The molecule has 2 rings (SSSR count). The number of halogens is 3. The molecule has 0 aliphatic rings. The molecule has 21 heavy (non-hydrogen) atoms. The summed E-state index contributed by atoms with van der Waals surface area (Å²) < 4.78 is 16.3. The molecule has 6 heteroatoms. The summed E-state index contributed by atoms with van der Waals surface area (Å²) in [4.78, 5) is 6.87. The van der Waals surface area contributed by atoms with E-state index in [-0.39, 0.29) is 11.9 Å². The SMILES string of the molecule is CCN(CC)CC(C)n1c(CCl)nc2cc(Br)c(F)cc21. The summed E-state index contributed by atoms with van der Waals surface area (Å²) in [5.41, 5.74) is 1.57. The number of hydrogen-bond donors (Lipinski definition) is 0. The Morgan fingerprint density at radius 2 is 2.05 bits per heavy atom. The topological polar surface area (TPSA) is 21.1 Å². The zero-order valence-electron chi connectivity index (χ0n) is 12.5. The molecular formula is C15H20BrClFN3. The largest absolute Gasteiger partial charge is 0.323 e. The molecule has 3 nitrogen and oxygen atoms in total. The summed E-state index contributed by atoms with van der Waals surface area (Å²) in [6, 6.07) is 3.42. The van der Waals surface area contributed by atoms with Gasteiger partial charge in [-0.3, -0.25) is 0 Å². The van der Waals surface area contributed by atoms with Gasteiger partial charge < -0.3 is 9.47 Å². The number of hydrogen-bond acceptors (Lipinski definition) is 2. The average molecular weight is 377 g/mol. The first-order chi connectivity index (χ1) is 10.0. The van der Waals surface area contributed by atoms with Gasteiger partial charge >= 0.3 is 0 Å². The summed E-state index contributed by atoms with van der Waals surface area (Å²) in [7, 11) is 0. The first-order valence-corrected chi connectivity index (χ1v) is 8.48. The van der Waals surface area contributed by atoms with E-state index in [1.165, 1.54) is 6.07 Å². The molecule has 0 bridgehead atoms. The van der Waals surface area contributed by atoms with Crippen molar-refractivity contribution >= 4 is 38.6 Å². The zero-order valence-corrected chi connectivity index (χ0v) is 14.9. The van der Waals surface area contributed by atoms with Crippen LogP contribution in [0.15, 0.2) is 16.6 Å². The average Bonchev–Trinajstić information content (AvgIpc) is 2.82. The second kappa shape index (κ2) is 7.07. The van der Waals surface area contributed by atoms with Gasteiger partial charge in [0.2, 0.25) is 0 Å². The summed E-state index contributed by atoms with van der Waals surface area (Å²) >= 11 is 9.24. The molecule has 116 valence electrons. The Bertz CT molecular complexity index is 625. The highest BCUT2D eigenvalue weighted by atomic mass is 79.9. The third-order valence-corrected chi connectivity index (χ3v) is 4.63. The standard InChI is InChI=1S/C15H20BrClFN3/c1-4-20(5-2)9-10(3)21-14-7-12(18)11(16)6-13(14)19-15(21)8-17/h6-7,10H,4-5,8-9H2,1-3H3. The second-order valence-electron chi connectivity index (χ2n) is 5.12. The van der Waals surface area contributed by atoms with Gasteiger partial charge in [-0.1, -0.05) is 13.8 Å². The van der Waals surface area contributed by atoms with Crippen molar-refractivity contribution in [3.63, 3.8) is 0 Å². The van der Waals surface area contributed by atoms with Crippen LogP contribution in [0.2, 0.25) is 0 Å². The number of alkyl halides is 1. The minimum absolute atomic E-state index is 0.184. The quantitative estimate of drug-likeness (QED) is 0.688.